The molecule has 0 amide bonds. The van der Waals surface area contributed by atoms with Crippen molar-refractivity contribution >= 4 is 32.7 Å². The first-order valence-electron chi connectivity index (χ1n) is 9.84. The lowest BCUT2D eigenvalue weighted by molar-refractivity contribution is 0.0985. The molecule has 11 nitrogen and oxygen atoms in total. The third-order valence-corrected chi connectivity index (χ3v) is 7.52. The molecular weight excluding hydrogens is 408 g/mol. The quantitative estimate of drug-likeness (QED) is 0.640. The van der Waals surface area contributed by atoms with E-state index in [1.807, 2.05) is 0 Å². The fraction of sp³-hybridized carbons (Fsp3) is 0.500. The summed E-state index contributed by atoms with van der Waals surface area (Å²) in [5, 5.41) is 12.1. The molecule has 0 bridgehead atoms. The van der Waals surface area contributed by atoms with Crippen LogP contribution in [0.1, 0.15) is 12.5 Å². The molecule has 1 atom stereocenters. The summed E-state index contributed by atoms with van der Waals surface area (Å²) in [6.07, 6.45) is 3.92. The van der Waals surface area contributed by atoms with Gasteiger partial charge >= 0.3 is 10.2 Å². The van der Waals surface area contributed by atoms with Gasteiger partial charge in [0, 0.05) is 38.8 Å². The average molecular weight is 433 g/mol. The van der Waals surface area contributed by atoms with Crippen molar-refractivity contribution in [2.45, 2.75) is 19.4 Å². The van der Waals surface area contributed by atoms with Crippen LogP contribution < -0.4 is 9.21 Å². The number of morpholine rings is 1. The molecule has 2 aliphatic rings. The summed E-state index contributed by atoms with van der Waals surface area (Å²) in [5.74, 6) is 1.46. The molecule has 30 heavy (non-hydrogen) atoms. The van der Waals surface area contributed by atoms with Gasteiger partial charge in [0.05, 0.1) is 42.7 Å². The lowest BCUT2D eigenvalue weighted by Gasteiger charge is -2.35. The van der Waals surface area contributed by atoms with Gasteiger partial charge in [0.25, 0.3) is 0 Å². The zero-order valence-corrected chi connectivity index (χ0v) is 17.9. The van der Waals surface area contributed by atoms with Crippen molar-refractivity contribution in [1.82, 2.24) is 29.3 Å². The van der Waals surface area contributed by atoms with E-state index in [1.165, 1.54) is 8.61 Å². The Kier molecular flexibility index (Phi) is 4.45. The van der Waals surface area contributed by atoms with E-state index >= 15 is 0 Å². The van der Waals surface area contributed by atoms with E-state index in [4.69, 9.17) is 9.72 Å². The lowest BCUT2D eigenvalue weighted by atomic mass is 10.1. The second-order valence-corrected chi connectivity index (χ2v) is 9.79. The Labute approximate surface area is 174 Å². The van der Waals surface area contributed by atoms with E-state index in [0.717, 1.165) is 11.4 Å². The fourth-order valence-corrected chi connectivity index (χ4v) is 5.30. The van der Waals surface area contributed by atoms with Crippen molar-refractivity contribution in [2.24, 2.45) is 0 Å². The summed E-state index contributed by atoms with van der Waals surface area (Å²) in [6.45, 7) is 4.38. The zero-order chi connectivity index (χ0) is 21.0. The van der Waals surface area contributed by atoms with Gasteiger partial charge in [-0.2, -0.15) is 27.6 Å². The van der Waals surface area contributed by atoms with Crippen molar-refractivity contribution in [3.05, 3.63) is 24.0 Å². The minimum Gasteiger partial charge on any atom is -0.377 e. The van der Waals surface area contributed by atoms with Crippen LogP contribution in [0, 0.1) is 0 Å². The highest BCUT2D eigenvalue weighted by Crippen LogP contribution is 2.42. The second kappa shape index (κ2) is 6.93. The maximum atomic E-state index is 13.1. The standard InChI is InChI=1S/C18H24N8O3S/c1-12-11-29-9-8-24(12)17-13-5-7-25(30(27,28)23(2)3)16(13)14-10-20-26(18(14)21-17)15-4-6-19-22-15/h4,6,10,12H,5,7-9,11H2,1-3H3,(H,19,22)/t12-/m1/s1. The number of hydrogen-bond donors (Lipinski definition) is 1. The van der Waals surface area contributed by atoms with Gasteiger partial charge < -0.3 is 9.64 Å². The highest BCUT2D eigenvalue weighted by atomic mass is 32.2. The summed E-state index contributed by atoms with van der Waals surface area (Å²) < 4.78 is 36.1. The number of H-pyrrole nitrogens is 1. The van der Waals surface area contributed by atoms with Crippen molar-refractivity contribution in [1.29, 1.82) is 0 Å². The smallest absolute Gasteiger partial charge is 0.303 e. The number of fused-ring (bicyclic) bond motifs is 3. The van der Waals surface area contributed by atoms with Crippen LogP contribution in [0.25, 0.3) is 16.9 Å². The molecule has 0 aliphatic carbocycles. The normalized spacial score (nSPS) is 19.8. The third-order valence-electron chi connectivity index (χ3n) is 5.67. The Bertz CT molecular complexity index is 1190. The number of nitrogens with zero attached hydrogens (tertiary/aromatic N) is 7. The van der Waals surface area contributed by atoms with Gasteiger partial charge in [-0.15, -0.1) is 0 Å². The molecule has 0 spiro atoms. The second-order valence-electron chi connectivity index (χ2n) is 7.73. The predicted molar refractivity (Wildman–Crippen MR) is 112 cm³/mol. The minimum atomic E-state index is -3.65. The predicted octanol–water partition coefficient (Wildman–Crippen LogP) is 0.538. The minimum absolute atomic E-state index is 0.135. The van der Waals surface area contributed by atoms with Crippen LogP contribution >= 0.6 is 0 Å². The van der Waals surface area contributed by atoms with Gasteiger partial charge in [-0.1, -0.05) is 0 Å². The van der Waals surface area contributed by atoms with Crippen LogP contribution in [0.15, 0.2) is 18.5 Å². The number of anilines is 2. The molecule has 5 heterocycles. The molecule has 0 radical (unpaired) electrons. The molecule has 3 aromatic rings. The summed E-state index contributed by atoms with van der Waals surface area (Å²) in [6, 6.07) is 1.93. The highest BCUT2D eigenvalue weighted by Gasteiger charge is 2.38. The van der Waals surface area contributed by atoms with Gasteiger partial charge in [0.1, 0.15) is 5.82 Å². The molecule has 0 aromatic carbocycles. The van der Waals surface area contributed by atoms with Gasteiger partial charge in [-0.3, -0.25) is 9.40 Å². The number of hydrogen-bond acceptors (Lipinski definition) is 7. The fourth-order valence-electron chi connectivity index (χ4n) is 4.14. The summed E-state index contributed by atoms with van der Waals surface area (Å²) in [7, 11) is -0.556. The number of aromatic amines is 1. The topological polar surface area (TPSA) is 112 Å². The number of rotatable bonds is 4. The van der Waals surface area contributed by atoms with Crippen LogP contribution in [0.4, 0.5) is 11.5 Å². The molecule has 1 fully saturated rings. The first-order chi connectivity index (χ1) is 14.4. The van der Waals surface area contributed by atoms with Gasteiger partial charge in [0.2, 0.25) is 0 Å². The number of ether oxygens (including phenoxy) is 1. The molecule has 1 saturated heterocycles. The lowest BCUT2D eigenvalue weighted by Crippen LogP contribution is -2.44. The molecule has 160 valence electrons. The molecule has 5 rings (SSSR count). The highest BCUT2D eigenvalue weighted by molar-refractivity contribution is 7.90. The van der Waals surface area contributed by atoms with Gasteiger partial charge in [-0.05, 0) is 13.3 Å². The average Bonchev–Trinajstić information content (AvgIpc) is 3.45. The first-order valence-corrected chi connectivity index (χ1v) is 11.2. The van der Waals surface area contributed by atoms with Crippen molar-refractivity contribution in [3.63, 3.8) is 0 Å². The van der Waals surface area contributed by atoms with E-state index in [9.17, 15) is 8.42 Å². The summed E-state index contributed by atoms with van der Waals surface area (Å²) in [4.78, 5) is 7.19. The first kappa shape index (κ1) is 19.3. The maximum Gasteiger partial charge on any atom is 0.303 e. The monoisotopic (exact) mass is 432 g/mol. The van der Waals surface area contributed by atoms with Gasteiger partial charge in [-0.25, -0.2) is 4.98 Å². The van der Waals surface area contributed by atoms with E-state index in [0.29, 0.717) is 55.3 Å². The molecule has 12 heteroatoms. The van der Waals surface area contributed by atoms with Crippen molar-refractivity contribution in [3.8, 4) is 5.82 Å². The van der Waals surface area contributed by atoms with E-state index in [1.54, 1.807) is 37.2 Å². The van der Waals surface area contributed by atoms with E-state index in [2.05, 4.69) is 27.1 Å². The molecular formula is C18H24N8O3S. The number of pyridine rings is 1. The number of nitrogens with one attached hydrogen (secondary N) is 1. The van der Waals surface area contributed by atoms with Crippen LogP contribution in [0.3, 0.4) is 0 Å². The molecule has 2 aliphatic heterocycles. The molecule has 1 N–H and O–H groups in total. The van der Waals surface area contributed by atoms with Crippen molar-refractivity contribution < 1.29 is 13.2 Å². The van der Waals surface area contributed by atoms with Gasteiger partial charge in [0.15, 0.2) is 11.5 Å². The molecule has 0 unspecified atom stereocenters. The van der Waals surface area contributed by atoms with E-state index in [-0.39, 0.29) is 6.04 Å². The Morgan fingerprint density at radius 2 is 2.13 bits per heavy atom. The Hall–Kier alpha value is -2.70. The Balaban J connectivity index is 1.78. The van der Waals surface area contributed by atoms with Crippen LogP contribution in [-0.4, -0.2) is 84.1 Å². The zero-order valence-electron chi connectivity index (χ0n) is 17.1. The number of aromatic nitrogens is 5. The maximum absolute atomic E-state index is 13.1. The van der Waals surface area contributed by atoms with Crippen LogP contribution in [0.5, 0.6) is 0 Å². The Morgan fingerprint density at radius 3 is 2.83 bits per heavy atom. The van der Waals surface area contributed by atoms with E-state index < -0.39 is 10.2 Å². The van der Waals surface area contributed by atoms with Crippen LogP contribution in [-0.2, 0) is 21.4 Å². The van der Waals surface area contributed by atoms with Crippen molar-refractivity contribution in [2.75, 3.05) is 49.6 Å². The van der Waals surface area contributed by atoms with Crippen LogP contribution in [0.2, 0.25) is 0 Å². The molecule has 3 aromatic heterocycles. The summed E-state index contributed by atoms with van der Waals surface area (Å²) in [5.41, 5.74) is 2.19. The SMILES string of the molecule is C[C@@H]1COCCN1c1nc2c(cnn2-c2ccn[nH]2)c2c1CCN2S(=O)(=O)N(C)C. The third kappa shape index (κ3) is 2.78. The summed E-state index contributed by atoms with van der Waals surface area (Å²) >= 11 is 0. The largest absolute Gasteiger partial charge is 0.377 e. The molecule has 0 saturated carbocycles. The Morgan fingerprint density at radius 1 is 1.30 bits per heavy atom.